The van der Waals surface area contributed by atoms with Gasteiger partial charge in [-0.05, 0) is 31.4 Å². The fourth-order valence-electron chi connectivity index (χ4n) is 1.61. The van der Waals surface area contributed by atoms with Crippen LogP contribution in [0.3, 0.4) is 0 Å². The molecule has 3 nitrogen and oxygen atoms in total. The van der Waals surface area contributed by atoms with Gasteiger partial charge in [-0.25, -0.2) is 0 Å². The van der Waals surface area contributed by atoms with Crippen molar-refractivity contribution < 1.29 is 4.79 Å². The summed E-state index contributed by atoms with van der Waals surface area (Å²) in [5.41, 5.74) is 1.96. The van der Waals surface area contributed by atoms with Gasteiger partial charge >= 0.3 is 0 Å². The third kappa shape index (κ3) is 3.24. The Hall–Kier alpha value is -1.47. The predicted molar refractivity (Wildman–Crippen MR) is 72.8 cm³/mol. The second-order valence-electron chi connectivity index (χ2n) is 3.92. The number of carbonyl (C=O) groups excluding carboxylic acids is 1. The molecule has 4 heteroatoms. The fraction of sp³-hybridized carbons (Fsp3) is 0.385. The molecule has 1 atom stereocenters. The van der Waals surface area contributed by atoms with E-state index in [2.05, 4.69) is 24.1 Å². The van der Waals surface area contributed by atoms with Crippen LogP contribution in [0.25, 0.3) is 0 Å². The zero-order valence-electron chi connectivity index (χ0n) is 10.3. The molecule has 0 saturated heterocycles. The minimum Gasteiger partial charge on any atom is -0.370 e. The Labute approximate surface area is 106 Å². The van der Waals surface area contributed by atoms with E-state index in [-0.39, 0.29) is 0 Å². The van der Waals surface area contributed by atoms with Crippen molar-refractivity contribution in [2.24, 2.45) is 0 Å². The molecule has 17 heavy (non-hydrogen) atoms. The summed E-state index contributed by atoms with van der Waals surface area (Å²) in [6.07, 6.45) is 2.82. The third-order valence-electron chi connectivity index (χ3n) is 2.73. The van der Waals surface area contributed by atoms with Gasteiger partial charge in [-0.1, -0.05) is 0 Å². The van der Waals surface area contributed by atoms with E-state index in [0.29, 0.717) is 17.2 Å². The number of rotatable bonds is 5. The molecule has 0 bridgehead atoms. The summed E-state index contributed by atoms with van der Waals surface area (Å²) in [5.74, 6) is 0.997. The molecule has 0 fully saturated rings. The molecule has 0 aliphatic carbocycles. The van der Waals surface area contributed by atoms with E-state index < -0.39 is 0 Å². The second-order valence-corrected chi connectivity index (χ2v) is 4.83. The van der Waals surface area contributed by atoms with Crippen molar-refractivity contribution in [1.29, 1.82) is 5.26 Å². The third-order valence-corrected chi connectivity index (χ3v) is 3.54. The fourth-order valence-corrected chi connectivity index (χ4v) is 2.32. The highest BCUT2D eigenvalue weighted by Gasteiger charge is 2.13. The average Bonchev–Trinajstić information content (AvgIpc) is 2.37. The number of thioether (sulfide) groups is 1. The second kappa shape index (κ2) is 6.31. The molecule has 0 amide bonds. The van der Waals surface area contributed by atoms with Crippen LogP contribution in [0, 0.1) is 11.3 Å². The van der Waals surface area contributed by atoms with Crippen molar-refractivity contribution in [3.05, 3.63) is 29.3 Å². The smallest absolute Gasteiger partial charge is 0.150 e. The number of nitrogens with zero attached hydrogens (tertiary/aromatic N) is 2. The Morgan fingerprint density at radius 1 is 1.59 bits per heavy atom. The summed E-state index contributed by atoms with van der Waals surface area (Å²) in [7, 11) is 1.97. The molecule has 1 aromatic rings. The van der Waals surface area contributed by atoms with Gasteiger partial charge in [-0.2, -0.15) is 17.0 Å². The first-order valence-electron chi connectivity index (χ1n) is 5.35. The molecule has 0 spiro atoms. The number of aldehydes is 1. The summed E-state index contributed by atoms with van der Waals surface area (Å²) >= 11 is 1.77. The lowest BCUT2D eigenvalue weighted by Crippen LogP contribution is -2.31. The maximum atomic E-state index is 10.7. The van der Waals surface area contributed by atoms with E-state index in [1.807, 2.05) is 13.1 Å². The number of nitriles is 1. The molecule has 0 aliphatic heterocycles. The first-order chi connectivity index (χ1) is 8.13. The highest BCUT2D eigenvalue weighted by atomic mass is 32.2. The molecular formula is C13H16N2OS. The highest BCUT2D eigenvalue weighted by molar-refractivity contribution is 7.98. The number of carbonyl (C=O) groups is 1. The van der Waals surface area contributed by atoms with Gasteiger partial charge in [-0.3, -0.25) is 4.79 Å². The Morgan fingerprint density at radius 2 is 2.29 bits per heavy atom. The first kappa shape index (κ1) is 13.6. The monoisotopic (exact) mass is 248 g/mol. The quantitative estimate of drug-likeness (QED) is 0.751. The summed E-state index contributed by atoms with van der Waals surface area (Å²) in [6, 6.07) is 7.69. The van der Waals surface area contributed by atoms with Crippen LogP contribution in [0.4, 0.5) is 5.69 Å². The molecule has 1 unspecified atom stereocenters. The van der Waals surface area contributed by atoms with Crippen molar-refractivity contribution >= 4 is 23.7 Å². The molecule has 0 aromatic heterocycles. The molecule has 0 radical (unpaired) electrons. The summed E-state index contributed by atoms with van der Waals surface area (Å²) < 4.78 is 0. The van der Waals surface area contributed by atoms with Crippen molar-refractivity contribution in [2.45, 2.75) is 13.0 Å². The van der Waals surface area contributed by atoms with Gasteiger partial charge in [0.15, 0.2) is 0 Å². The van der Waals surface area contributed by atoms with E-state index in [9.17, 15) is 4.79 Å². The van der Waals surface area contributed by atoms with Crippen LogP contribution >= 0.6 is 11.8 Å². The normalized spacial score (nSPS) is 11.6. The van der Waals surface area contributed by atoms with Gasteiger partial charge in [0.2, 0.25) is 0 Å². The largest absolute Gasteiger partial charge is 0.370 e. The lowest BCUT2D eigenvalue weighted by Gasteiger charge is -2.27. The highest BCUT2D eigenvalue weighted by Crippen LogP contribution is 2.22. The molecule has 0 N–H and O–H groups in total. The maximum absolute atomic E-state index is 10.7. The Balaban J connectivity index is 3.05. The predicted octanol–water partition coefficient (Wildman–Crippen LogP) is 2.56. The van der Waals surface area contributed by atoms with E-state index in [1.54, 1.807) is 23.9 Å². The summed E-state index contributed by atoms with van der Waals surface area (Å²) in [5, 5.41) is 9.10. The standard InChI is InChI=1S/C13H16N2OS/c1-10(9-17-3)15(2)13-5-4-11(8-16)6-12(13)7-14/h4-6,8,10H,9H2,1-3H3. The van der Waals surface area contributed by atoms with Gasteiger partial charge in [0.05, 0.1) is 11.3 Å². The van der Waals surface area contributed by atoms with Gasteiger partial charge < -0.3 is 4.90 Å². The lowest BCUT2D eigenvalue weighted by molar-refractivity contribution is 0.112. The van der Waals surface area contributed by atoms with Crippen LogP contribution in [0.5, 0.6) is 0 Å². The minimum absolute atomic E-state index is 0.346. The average molecular weight is 248 g/mol. The zero-order chi connectivity index (χ0) is 12.8. The van der Waals surface area contributed by atoms with Crippen LogP contribution in [-0.2, 0) is 0 Å². The van der Waals surface area contributed by atoms with Crippen LogP contribution in [0.2, 0.25) is 0 Å². The topological polar surface area (TPSA) is 44.1 Å². The van der Waals surface area contributed by atoms with Crippen molar-refractivity contribution in [3.63, 3.8) is 0 Å². The van der Waals surface area contributed by atoms with Crippen molar-refractivity contribution in [2.75, 3.05) is 24.0 Å². The Bertz CT molecular complexity index is 440. The van der Waals surface area contributed by atoms with Gasteiger partial charge in [0.1, 0.15) is 12.4 Å². The summed E-state index contributed by atoms with van der Waals surface area (Å²) in [6.45, 7) is 2.12. The number of hydrogen-bond donors (Lipinski definition) is 0. The molecule has 0 heterocycles. The van der Waals surface area contributed by atoms with E-state index in [1.165, 1.54) is 0 Å². The SMILES string of the molecule is CSCC(C)N(C)c1ccc(C=O)cc1C#N. The van der Waals surface area contributed by atoms with Crippen LogP contribution in [-0.4, -0.2) is 31.4 Å². The van der Waals surface area contributed by atoms with E-state index >= 15 is 0 Å². The molecule has 0 saturated carbocycles. The van der Waals surface area contributed by atoms with Gasteiger partial charge in [-0.15, -0.1) is 0 Å². The molecule has 90 valence electrons. The van der Waals surface area contributed by atoms with Crippen molar-refractivity contribution in [3.8, 4) is 6.07 Å². The van der Waals surface area contributed by atoms with Crippen LogP contribution < -0.4 is 4.90 Å². The number of anilines is 1. The van der Waals surface area contributed by atoms with Crippen LogP contribution in [0.1, 0.15) is 22.8 Å². The molecular weight excluding hydrogens is 232 g/mol. The summed E-state index contributed by atoms with van der Waals surface area (Å²) in [4.78, 5) is 12.7. The van der Waals surface area contributed by atoms with Gasteiger partial charge in [0.25, 0.3) is 0 Å². The van der Waals surface area contributed by atoms with Crippen molar-refractivity contribution in [1.82, 2.24) is 0 Å². The zero-order valence-corrected chi connectivity index (χ0v) is 11.1. The Morgan fingerprint density at radius 3 is 2.82 bits per heavy atom. The number of benzene rings is 1. The number of hydrogen-bond acceptors (Lipinski definition) is 4. The molecule has 0 aliphatic rings. The minimum atomic E-state index is 0.346. The van der Waals surface area contributed by atoms with E-state index in [4.69, 9.17) is 5.26 Å². The van der Waals surface area contributed by atoms with Crippen LogP contribution in [0.15, 0.2) is 18.2 Å². The van der Waals surface area contributed by atoms with Gasteiger partial charge in [0, 0.05) is 24.4 Å². The Kier molecular flexibility index (Phi) is 5.05. The first-order valence-corrected chi connectivity index (χ1v) is 6.74. The van der Waals surface area contributed by atoms with E-state index in [0.717, 1.165) is 17.7 Å². The molecule has 1 rings (SSSR count). The molecule has 1 aromatic carbocycles. The maximum Gasteiger partial charge on any atom is 0.150 e. The lowest BCUT2D eigenvalue weighted by atomic mass is 10.1.